The summed E-state index contributed by atoms with van der Waals surface area (Å²) in [6.45, 7) is 1.65. The number of nitrogen functional groups attached to an aromatic ring is 1. The highest BCUT2D eigenvalue weighted by molar-refractivity contribution is 5.66. The lowest BCUT2D eigenvalue weighted by Crippen LogP contribution is -2.02. The van der Waals surface area contributed by atoms with E-state index in [4.69, 9.17) is 10.8 Å². The molecule has 0 unspecified atom stereocenters. The fourth-order valence-electron chi connectivity index (χ4n) is 1.20. The van der Waals surface area contributed by atoms with Gasteiger partial charge in [-0.05, 0) is 12.5 Å². The molecule has 14 heavy (non-hydrogen) atoms. The molecule has 0 aliphatic heterocycles. The number of aryl methyl sites for hydroxylation is 1. The van der Waals surface area contributed by atoms with Gasteiger partial charge in [0.15, 0.2) is 17.3 Å². The third-order valence-corrected chi connectivity index (χ3v) is 1.90. The first kappa shape index (κ1) is 10.2. The topological polar surface area (TPSA) is 89.4 Å². The number of halogens is 1. The van der Waals surface area contributed by atoms with Gasteiger partial charge in [-0.2, -0.15) is 0 Å². The summed E-state index contributed by atoms with van der Waals surface area (Å²) in [4.78, 5) is 9.79. The van der Waals surface area contributed by atoms with Gasteiger partial charge in [-0.3, -0.25) is 10.1 Å². The number of phenols is 1. The SMILES string of the molecule is CCc1cc(O)c(F)c(N)c1[N+](=O)[O-]. The summed E-state index contributed by atoms with van der Waals surface area (Å²) >= 11 is 0. The second-order valence-electron chi connectivity index (χ2n) is 2.74. The van der Waals surface area contributed by atoms with E-state index in [1.807, 2.05) is 0 Å². The van der Waals surface area contributed by atoms with Crippen molar-refractivity contribution in [2.45, 2.75) is 13.3 Å². The molecule has 0 aliphatic rings. The molecule has 1 aromatic carbocycles. The molecule has 6 heteroatoms. The molecule has 0 aromatic heterocycles. The number of aromatic hydroxyl groups is 1. The summed E-state index contributed by atoms with van der Waals surface area (Å²) in [5, 5.41) is 19.6. The Morgan fingerprint density at radius 3 is 2.71 bits per heavy atom. The smallest absolute Gasteiger partial charge is 0.298 e. The fourth-order valence-corrected chi connectivity index (χ4v) is 1.20. The molecule has 0 amide bonds. The standard InChI is InChI=1S/C8H9FN2O3/c1-2-4-3-5(12)6(9)7(10)8(4)11(13)14/h3,12H,2,10H2,1H3. The number of nitrogens with two attached hydrogens (primary N) is 1. The normalized spacial score (nSPS) is 10.1. The van der Waals surface area contributed by atoms with Gasteiger partial charge in [0.05, 0.1) is 4.92 Å². The Bertz CT molecular complexity index is 393. The number of benzene rings is 1. The van der Waals surface area contributed by atoms with Crippen molar-refractivity contribution in [3.05, 3.63) is 27.6 Å². The van der Waals surface area contributed by atoms with E-state index in [0.29, 0.717) is 6.42 Å². The van der Waals surface area contributed by atoms with Crippen LogP contribution in [0, 0.1) is 15.9 Å². The molecule has 3 N–H and O–H groups in total. The Labute approximate surface area is 79.1 Å². The molecular weight excluding hydrogens is 191 g/mol. The van der Waals surface area contributed by atoms with Gasteiger partial charge >= 0.3 is 0 Å². The van der Waals surface area contributed by atoms with E-state index in [1.165, 1.54) is 0 Å². The van der Waals surface area contributed by atoms with Crippen molar-refractivity contribution >= 4 is 11.4 Å². The molecule has 0 bridgehead atoms. The van der Waals surface area contributed by atoms with E-state index in [-0.39, 0.29) is 5.56 Å². The summed E-state index contributed by atoms with van der Waals surface area (Å²) in [7, 11) is 0. The number of nitro benzene ring substituents is 1. The molecule has 76 valence electrons. The quantitative estimate of drug-likeness (QED) is 0.431. The lowest BCUT2D eigenvalue weighted by molar-refractivity contribution is -0.384. The van der Waals surface area contributed by atoms with Crippen LogP contribution in [0.4, 0.5) is 15.8 Å². The van der Waals surface area contributed by atoms with Crippen LogP contribution in [0.25, 0.3) is 0 Å². The average Bonchev–Trinajstić information content (AvgIpc) is 2.12. The van der Waals surface area contributed by atoms with Crippen LogP contribution in [0.3, 0.4) is 0 Å². The maximum absolute atomic E-state index is 13.0. The highest BCUT2D eigenvalue weighted by atomic mass is 19.1. The fraction of sp³-hybridized carbons (Fsp3) is 0.250. The van der Waals surface area contributed by atoms with Crippen LogP contribution in [0.15, 0.2) is 6.07 Å². The summed E-state index contributed by atoms with van der Waals surface area (Å²) < 4.78 is 13.0. The van der Waals surface area contributed by atoms with Gasteiger partial charge in [0.1, 0.15) is 0 Å². The number of hydrogen-bond acceptors (Lipinski definition) is 4. The van der Waals surface area contributed by atoms with Crippen molar-refractivity contribution in [3.8, 4) is 5.75 Å². The van der Waals surface area contributed by atoms with E-state index in [9.17, 15) is 14.5 Å². The number of phenolic OH excluding ortho intramolecular Hbond substituents is 1. The van der Waals surface area contributed by atoms with Crippen LogP contribution in [0.5, 0.6) is 5.75 Å². The van der Waals surface area contributed by atoms with E-state index in [2.05, 4.69) is 0 Å². The Hall–Kier alpha value is -1.85. The maximum Gasteiger partial charge on any atom is 0.298 e. The van der Waals surface area contributed by atoms with Crippen molar-refractivity contribution in [2.24, 2.45) is 0 Å². The number of nitro groups is 1. The van der Waals surface area contributed by atoms with Crippen LogP contribution in [-0.4, -0.2) is 10.0 Å². The van der Waals surface area contributed by atoms with Crippen molar-refractivity contribution < 1.29 is 14.4 Å². The number of nitrogens with zero attached hydrogens (tertiary/aromatic N) is 1. The summed E-state index contributed by atoms with van der Waals surface area (Å²) in [6.07, 6.45) is 0.300. The van der Waals surface area contributed by atoms with Crippen LogP contribution >= 0.6 is 0 Å². The highest BCUT2D eigenvalue weighted by Crippen LogP contribution is 2.34. The van der Waals surface area contributed by atoms with Crippen molar-refractivity contribution in [2.75, 3.05) is 5.73 Å². The van der Waals surface area contributed by atoms with Gasteiger partial charge in [0.2, 0.25) is 0 Å². The molecular formula is C8H9FN2O3. The summed E-state index contributed by atoms with van der Waals surface area (Å²) in [6, 6.07) is 1.02. The molecule has 1 aromatic rings. The first-order chi connectivity index (χ1) is 6.49. The van der Waals surface area contributed by atoms with Gasteiger partial charge in [-0.1, -0.05) is 6.92 Å². The highest BCUT2D eigenvalue weighted by Gasteiger charge is 2.23. The molecule has 0 aliphatic carbocycles. The Kier molecular flexibility index (Phi) is 2.55. The molecule has 0 saturated heterocycles. The maximum atomic E-state index is 13.0. The minimum atomic E-state index is -1.14. The van der Waals surface area contributed by atoms with Crippen molar-refractivity contribution in [3.63, 3.8) is 0 Å². The zero-order valence-electron chi connectivity index (χ0n) is 7.45. The van der Waals surface area contributed by atoms with Crippen LogP contribution in [-0.2, 0) is 6.42 Å². The third-order valence-electron chi connectivity index (χ3n) is 1.90. The lowest BCUT2D eigenvalue weighted by atomic mass is 10.1. The predicted octanol–water partition coefficient (Wildman–Crippen LogP) is 1.58. The largest absolute Gasteiger partial charge is 0.505 e. The van der Waals surface area contributed by atoms with Crippen molar-refractivity contribution in [1.82, 2.24) is 0 Å². The molecule has 0 saturated carbocycles. The molecule has 5 nitrogen and oxygen atoms in total. The molecule has 0 spiro atoms. The van der Waals surface area contributed by atoms with Crippen LogP contribution in [0.1, 0.15) is 12.5 Å². The number of rotatable bonds is 2. The van der Waals surface area contributed by atoms with E-state index >= 15 is 0 Å². The first-order valence-corrected chi connectivity index (χ1v) is 3.93. The minimum Gasteiger partial charge on any atom is -0.505 e. The Balaban J connectivity index is 3.53. The number of anilines is 1. The van der Waals surface area contributed by atoms with E-state index < -0.39 is 27.9 Å². The van der Waals surface area contributed by atoms with Gasteiger partial charge in [0, 0.05) is 5.56 Å². The lowest BCUT2D eigenvalue weighted by Gasteiger charge is -2.05. The van der Waals surface area contributed by atoms with Crippen LogP contribution < -0.4 is 5.73 Å². The monoisotopic (exact) mass is 200 g/mol. The second kappa shape index (κ2) is 3.49. The zero-order chi connectivity index (χ0) is 10.9. The molecule has 0 radical (unpaired) electrons. The van der Waals surface area contributed by atoms with E-state index in [1.54, 1.807) is 6.92 Å². The number of hydrogen-bond donors (Lipinski definition) is 2. The molecule has 1 rings (SSSR count). The Morgan fingerprint density at radius 2 is 2.29 bits per heavy atom. The van der Waals surface area contributed by atoms with Gasteiger partial charge in [-0.15, -0.1) is 0 Å². The molecule has 0 fully saturated rings. The van der Waals surface area contributed by atoms with Gasteiger partial charge < -0.3 is 10.8 Å². The van der Waals surface area contributed by atoms with Crippen molar-refractivity contribution in [1.29, 1.82) is 0 Å². The van der Waals surface area contributed by atoms with E-state index in [0.717, 1.165) is 6.07 Å². The molecule has 0 atom stereocenters. The summed E-state index contributed by atoms with van der Waals surface area (Å²) in [5.74, 6) is -1.81. The van der Waals surface area contributed by atoms with Crippen LogP contribution in [0.2, 0.25) is 0 Å². The Morgan fingerprint density at radius 1 is 1.71 bits per heavy atom. The second-order valence-corrected chi connectivity index (χ2v) is 2.74. The minimum absolute atomic E-state index is 0.214. The van der Waals surface area contributed by atoms with Gasteiger partial charge in [-0.25, -0.2) is 4.39 Å². The first-order valence-electron chi connectivity index (χ1n) is 3.93. The average molecular weight is 200 g/mol. The predicted molar refractivity (Wildman–Crippen MR) is 48.5 cm³/mol. The molecule has 0 heterocycles. The third kappa shape index (κ3) is 1.46. The zero-order valence-corrected chi connectivity index (χ0v) is 7.45. The van der Waals surface area contributed by atoms with Gasteiger partial charge in [0.25, 0.3) is 5.69 Å². The summed E-state index contributed by atoms with van der Waals surface area (Å²) in [5.41, 5.74) is 4.31.